The van der Waals surface area contributed by atoms with E-state index in [0.29, 0.717) is 78.9 Å². The SMILES string of the molecule is CC.CC.CC=O.CCO.ClC(Cl)Cl.[O]=[Mn]=[O].c1ccc(COC[C@H]2O[C@@H](Cc3ccccc3)[C@H](OCc3ccccc3)[C@@H](OCc3ccccc3)[C@@H]2OCc2ccccc2)cc1.c1ccc(COC[C@H]2O[C@@H](Cc3ccccc3)[C@H](OCc3ccccc3)[C@@H](OCc3ccccc3)[C@@H]2OCc2ccccc2)cc1. The van der Waals surface area contributed by atoms with E-state index >= 15 is 0 Å². The topological polar surface area (TPSA) is 164 Å². The van der Waals surface area contributed by atoms with Crippen LogP contribution in [0.4, 0.5) is 0 Å². The molecule has 2 aliphatic rings. The van der Waals surface area contributed by atoms with Gasteiger partial charge in [-0.2, -0.15) is 0 Å². The minimum atomic E-state index is -1.44. The fraction of sp³-hybridized carbons (Fsp3) is 0.330. The zero-order chi connectivity index (χ0) is 78.2. The molecular weight excluding hydrogens is 1480 g/mol. The number of benzene rings is 10. The summed E-state index contributed by atoms with van der Waals surface area (Å²) < 4.78 is 83.4. The van der Waals surface area contributed by atoms with Crippen molar-refractivity contribution in [2.45, 2.75) is 173 Å². The Labute approximate surface area is 667 Å². The predicted molar refractivity (Wildman–Crippen MR) is 430 cm³/mol. The Morgan fingerprint density at radius 1 is 0.321 bits per heavy atom. The van der Waals surface area contributed by atoms with E-state index in [1.165, 1.54) is 18.1 Å². The molecule has 10 aromatic rings. The fourth-order valence-electron chi connectivity index (χ4n) is 11.8. The predicted octanol–water partition coefficient (Wildman–Crippen LogP) is 19.9. The van der Waals surface area contributed by atoms with Crippen molar-refractivity contribution in [1.82, 2.24) is 0 Å². The molecule has 2 heterocycles. The van der Waals surface area contributed by atoms with Gasteiger partial charge >= 0.3 is 22.5 Å². The van der Waals surface area contributed by atoms with Crippen molar-refractivity contribution in [3.63, 3.8) is 0 Å². The molecule has 0 aliphatic carbocycles. The van der Waals surface area contributed by atoms with Crippen LogP contribution in [0.15, 0.2) is 303 Å². The van der Waals surface area contributed by atoms with Gasteiger partial charge in [0.15, 0.2) is 4.30 Å². The van der Waals surface area contributed by atoms with Crippen LogP contribution in [-0.2, 0) is 140 Å². The second-order valence-corrected chi connectivity index (χ2v) is 26.4. The van der Waals surface area contributed by atoms with Crippen LogP contribution in [0.3, 0.4) is 0 Å². The average Bonchev–Trinajstić information content (AvgIpc) is 0.790. The van der Waals surface area contributed by atoms with Gasteiger partial charge in [-0.05, 0) is 69.5 Å². The number of aldehydes is 1. The maximum atomic E-state index is 8.81. The number of aliphatic hydroxyl groups excluding tert-OH is 1. The zero-order valence-electron chi connectivity index (χ0n) is 63.3. The second-order valence-electron chi connectivity index (χ2n) is 24.2. The molecule has 12 rings (SSSR count). The number of carbonyl (C=O) groups excluding carboxylic acids is 1. The van der Waals surface area contributed by atoms with Gasteiger partial charge < -0.3 is 57.3 Å². The van der Waals surface area contributed by atoms with Crippen molar-refractivity contribution >= 4 is 41.1 Å². The van der Waals surface area contributed by atoms with E-state index < -0.39 is 55.7 Å². The summed E-state index contributed by atoms with van der Waals surface area (Å²) in [6.07, 6.45) is -1.72. The Bertz CT molecular complexity index is 3580. The van der Waals surface area contributed by atoms with Crippen LogP contribution in [0, 0.1) is 0 Å². The number of hydrogen-bond acceptors (Lipinski definition) is 14. The molecule has 10 aromatic carbocycles. The van der Waals surface area contributed by atoms with Gasteiger partial charge in [-0.25, -0.2) is 0 Å². The van der Waals surface area contributed by atoms with Crippen LogP contribution in [0.2, 0.25) is 0 Å². The molecule has 2 aliphatic heterocycles. The molecule has 2 saturated heterocycles. The van der Waals surface area contributed by atoms with Crippen LogP contribution >= 0.6 is 34.8 Å². The zero-order valence-corrected chi connectivity index (χ0v) is 66.7. The van der Waals surface area contributed by atoms with Crippen LogP contribution in [0.5, 0.6) is 0 Å². The Kier molecular flexibility index (Phi) is 49.3. The van der Waals surface area contributed by atoms with Gasteiger partial charge in [-0.3, -0.25) is 0 Å². The largest absolute Gasteiger partial charge is 0.374 e. The molecule has 0 amide bonds. The smallest absolute Gasteiger partial charge is 0.115 e. The Morgan fingerprint density at radius 3 is 0.651 bits per heavy atom. The normalized spacial score (nSPS) is 18.7. The van der Waals surface area contributed by atoms with Gasteiger partial charge in [0.1, 0.15) is 55.1 Å². The Balaban J connectivity index is 0.000000324. The Hall–Kier alpha value is -7.58. The molecule has 18 heteroatoms. The molecule has 109 heavy (non-hydrogen) atoms. The van der Waals surface area contributed by atoms with Gasteiger partial charge in [0, 0.05) is 19.4 Å². The minimum absolute atomic E-state index is 0.250. The molecule has 0 saturated carbocycles. The molecule has 0 spiro atoms. The molecule has 2 fully saturated rings. The van der Waals surface area contributed by atoms with E-state index in [4.69, 9.17) is 99.7 Å². The van der Waals surface area contributed by atoms with Crippen molar-refractivity contribution in [2.24, 2.45) is 0 Å². The monoisotopic (exact) mass is 1580 g/mol. The molecular formula is C91H107Cl3MnO14. The summed E-state index contributed by atoms with van der Waals surface area (Å²) >= 11 is 13.0. The van der Waals surface area contributed by atoms with Gasteiger partial charge in [0.05, 0.1) is 78.3 Å². The molecule has 10 atom stereocenters. The van der Waals surface area contributed by atoms with E-state index in [-0.39, 0.29) is 31.0 Å². The third-order valence-corrected chi connectivity index (χ3v) is 16.5. The maximum Gasteiger partial charge on any atom is 0.115 e. The minimum Gasteiger partial charge on any atom is -0.374 e. The number of aliphatic hydroxyl groups is 1. The summed E-state index contributed by atoms with van der Waals surface area (Å²) in [5.41, 5.74) is 11.1. The van der Waals surface area contributed by atoms with Crippen molar-refractivity contribution in [1.29, 1.82) is 0 Å². The fourth-order valence-corrected chi connectivity index (χ4v) is 11.8. The van der Waals surface area contributed by atoms with Gasteiger partial charge in [0.25, 0.3) is 0 Å². The summed E-state index contributed by atoms with van der Waals surface area (Å²) in [6, 6.07) is 103. The van der Waals surface area contributed by atoms with Crippen molar-refractivity contribution in [2.75, 3.05) is 19.8 Å². The van der Waals surface area contributed by atoms with E-state index in [2.05, 4.69) is 146 Å². The first-order chi connectivity index (χ1) is 53.6. The van der Waals surface area contributed by atoms with Crippen molar-refractivity contribution < 1.29 is 79.8 Å². The van der Waals surface area contributed by atoms with Crippen molar-refractivity contribution in [3.05, 3.63) is 359 Å². The van der Waals surface area contributed by atoms with Crippen LogP contribution < -0.4 is 0 Å². The maximum absolute atomic E-state index is 8.81. The number of carbonyl (C=O) groups is 1. The van der Waals surface area contributed by atoms with Crippen LogP contribution in [0.1, 0.15) is 97.2 Å². The number of hydrogen-bond donors (Lipinski definition) is 1. The van der Waals surface area contributed by atoms with E-state index in [1.807, 2.05) is 185 Å². The first kappa shape index (κ1) is 92.0. The first-order valence-corrected chi connectivity index (χ1v) is 39.3. The average molecular weight is 1590 g/mol. The van der Waals surface area contributed by atoms with Crippen molar-refractivity contribution in [3.8, 4) is 0 Å². The standard InChI is InChI=1S/2C41H42O5.C2H6O.C2H4O.2C2H6.CHCl3.Mn.2O/c2*1-6-16-32(17-7-1)26-37-39(43-28-34-20-10-3-11-21-34)41(45-30-36-24-14-5-15-25-36)40(44-29-35-22-12-4-13-23-35)38(46-37)31-42-27-33-18-8-2-9-19-33;2*1-2-3;2*1-2;2-1(3)4;;;/h2*1-25,37-41H,26-31H2;3H,2H2,1H3;2H,1H3;2*1-2H3;1H;;;/t2*37-,38+,39-,40+,41+;;;;;;;;/m00......../s1. The third kappa shape index (κ3) is 36.9. The van der Waals surface area contributed by atoms with E-state index in [9.17, 15) is 0 Å². The number of alkyl halides is 3. The summed E-state index contributed by atoms with van der Waals surface area (Å²) in [5.74, 6) is 0. The van der Waals surface area contributed by atoms with Crippen LogP contribution in [-0.4, -0.2) is 96.5 Å². The van der Waals surface area contributed by atoms with Gasteiger partial charge in [0.2, 0.25) is 0 Å². The van der Waals surface area contributed by atoms with Gasteiger partial charge in [-0.1, -0.05) is 366 Å². The molecule has 1 N–H and O–H groups in total. The summed E-state index contributed by atoms with van der Waals surface area (Å²) in [5, 5.41) is 7.57. The molecule has 0 bridgehead atoms. The number of rotatable bonds is 30. The van der Waals surface area contributed by atoms with Gasteiger partial charge in [-0.15, -0.1) is 0 Å². The first-order valence-electron chi connectivity index (χ1n) is 37.0. The van der Waals surface area contributed by atoms with E-state index in [1.54, 1.807) is 6.92 Å². The van der Waals surface area contributed by atoms with Crippen LogP contribution in [0.25, 0.3) is 0 Å². The Morgan fingerprint density at radius 2 is 0.468 bits per heavy atom. The third-order valence-electron chi connectivity index (χ3n) is 16.5. The molecule has 0 unspecified atom stereocenters. The summed E-state index contributed by atoms with van der Waals surface area (Å²) in [4.78, 5) is 8.81. The molecule has 0 radical (unpaired) electrons. The summed E-state index contributed by atoms with van der Waals surface area (Å²) in [7, 11) is 0. The molecule has 14 nitrogen and oxygen atoms in total. The molecule has 0 aromatic heterocycles. The van der Waals surface area contributed by atoms with E-state index in [0.717, 1.165) is 50.8 Å². The second kappa shape index (κ2) is 58.4. The number of ether oxygens (including phenoxy) is 10. The quantitative estimate of drug-likeness (QED) is 0.0257. The number of halogens is 3. The summed E-state index contributed by atoms with van der Waals surface area (Å²) in [6.45, 7) is 15.6. The molecule has 583 valence electrons.